The van der Waals surface area contributed by atoms with Crippen LogP contribution in [0.3, 0.4) is 0 Å². The number of H-pyrrole nitrogens is 1. The van der Waals surface area contributed by atoms with Crippen LogP contribution in [0, 0.1) is 5.92 Å². The molecule has 0 bridgehead atoms. The normalized spacial score (nSPS) is 20.8. The topological polar surface area (TPSA) is 76.0 Å². The molecule has 2 aliphatic rings. The van der Waals surface area contributed by atoms with Crippen molar-refractivity contribution in [2.24, 2.45) is 5.92 Å². The van der Waals surface area contributed by atoms with Gasteiger partial charge in [0.2, 0.25) is 5.91 Å². The number of ether oxygens (including phenoxy) is 1. The average Bonchev–Trinajstić information content (AvgIpc) is 3.55. The number of nitrogens with one attached hydrogen (secondary N) is 1. The number of fused-ring (bicyclic) bond motifs is 1. The quantitative estimate of drug-likeness (QED) is 0.562. The highest BCUT2D eigenvalue weighted by Gasteiger charge is 2.28. The Morgan fingerprint density at radius 2 is 2.06 bits per heavy atom. The lowest BCUT2D eigenvalue weighted by molar-refractivity contribution is -0.131. The van der Waals surface area contributed by atoms with Gasteiger partial charge in [-0.1, -0.05) is 36.9 Å². The Morgan fingerprint density at radius 3 is 2.84 bits per heavy atom. The van der Waals surface area contributed by atoms with E-state index < -0.39 is 0 Å². The van der Waals surface area contributed by atoms with Crippen molar-refractivity contribution in [3.8, 4) is 11.4 Å². The van der Waals surface area contributed by atoms with Crippen LogP contribution in [0.2, 0.25) is 0 Å². The van der Waals surface area contributed by atoms with Gasteiger partial charge in [-0.05, 0) is 44.6 Å². The zero-order chi connectivity index (χ0) is 22.1. The summed E-state index contributed by atoms with van der Waals surface area (Å²) < 4.78 is 8.08. The zero-order valence-corrected chi connectivity index (χ0v) is 19.6. The third kappa shape index (κ3) is 4.30. The number of piperidine rings is 1. The molecule has 2 aliphatic heterocycles. The Hall–Kier alpha value is -2.32. The molecule has 0 aliphatic carbocycles. The molecule has 0 spiro atoms. The van der Waals surface area contributed by atoms with E-state index in [0.29, 0.717) is 12.5 Å². The molecule has 4 heterocycles. The number of amides is 1. The second-order valence-electron chi connectivity index (χ2n) is 9.07. The van der Waals surface area contributed by atoms with Gasteiger partial charge >= 0.3 is 0 Å². The van der Waals surface area contributed by atoms with Crippen molar-refractivity contribution in [3.63, 3.8) is 0 Å². The first-order valence-electron chi connectivity index (χ1n) is 11.7. The predicted octanol–water partition coefficient (Wildman–Crippen LogP) is 4.34. The fourth-order valence-corrected chi connectivity index (χ4v) is 5.63. The maximum Gasteiger partial charge on any atom is 0.235 e. The summed E-state index contributed by atoms with van der Waals surface area (Å²) in [7, 11) is 0. The van der Waals surface area contributed by atoms with Crippen molar-refractivity contribution in [1.29, 1.82) is 0 Å². The Bertz CT molecular complexity index is 1080. The van der Waals surface area contributed by atoms with Crippen LogP contribution < -0.4 is 0 Å². The third-order valence-electron chi connectivity index (χ3n) is 6.68. The molecule has 2 saturated heterocycles. The Labute approximate surface area is 192 Å². The van der Waals surface area contributed by atoms with E-state index in [1.807, 2.05) is 30.2 Å². The van der Waals surface area contributed by atoms with E-state index in [1.54, 1.807) is 0 Å². The van der Waals surface area contributed by atoms with Crippen LogP contribution in [0.5, 0.6) is 0 Å². The average molecular weight is 454 g/mol. The van der Waals surface area contributed by atoms with E-state index in [0.717, 1.165) is 72.8 Å². The molecule has 0 unspecified atom stereocenters. The lowest BCUT2D eigenvalue weighted by Crippen LogP contribution is -2.41. The van der Waals surface area contributed by atoms with Gasteiger partial charge in [-0.2, -0.15) is 0 Å². The highest BCUT2D eigenvalue weighted by molar-refractivity contribution is 8.00. The molecule has 1 amide bonds. The van der Waals surface area contributed by atoms with Crippen LogP contribution in [0.1, 0.15) is 39.5 Å². The summed E-state index contributed by atoms with van der Waals surface area (Å²) in [5, 5.41) is 10.8. The van der Waals surface area contributed by atoms with Crippen LogP contribution >= 0.6 is 11.8 Å². The molecule has 0 saturated carbocycles. The van der Waals surface area contributed by atoms with Crippen molar-refractivity contribution in [2.45, 2.75) is 62.6 Å². The summed E-state index contributed by atoms with van der Waals surface area (Å²) in [6, 6.07) is 8.23. The standard InChI is InChI=1S/C24H31N5O2S/c1-16-9-11-28(12-10-16)23(30)17(2)32-24-27-26-22(29(24)15-18-6-5-13-31-18)20-14-25-21-8-4-3-7-19(20)21/h3-4,7-8,14,16-18,25H,5-6,9-13,15H2,1-2H3/t17-,18-/m1/s1. The lowest BCUT2D eigenvalue weighted by Gasteiger charge is -2.32. The fraction of sp³-hybridized carbons (Fsp3) is 0.542. The molecule has 0 radical (unpaired) electrons. The maximum absolute atomic E-state index is 13.1. The Kier molecular flexibility index (Phi) is 6.24. The zero-order valence-electron chi connectivity index (χ0n) is 18.8. The minimum Gasteiger partial charge on any atom is -0.376 e. The second kappa shape index (κ2) is 9.27. The summed E-state index contributed by atoms with van der Waals surface area (Å²) in [4.78, 5) is 18.4. The number of benzene rings is 1. The first kappa shape index (κ1) is 21.5. The van der Waals surface area contributed by atoms with E-state index in [2.05, 4.69) is 38.8 Å². The number of nitrogens with zero attached hydrogens (tertiary/aromatic N) is 4. The number of hydrogen-bond donors (Lipinski definition) is 1. The summed E-state index contributed by atoms with van der Waals surface area (Å²) in [6.45, 7) is 7.47. The van der Waals surface area contributed by atoms with Gasteiger partial charge in [0.15, 0.2) is 11.0 Å². The third-order valence-corrected chi connectivity index (χ3v) is 7.75. The van der Waals surface area contributed by atoms with Gasteiger partial charge in [0.25, 0.3) is 0 Å². The highest BCUT2D eigenvalue weighted by atomic mass is 32.2. The first-order valence-corrected chi connectivity index (χ1v) is 12.5. The van der Waals surface area contributed by atoms with Crippen LogP contribution in [-0.2, 0) is 16.1 Å². The monoisotopic (exact) mass is 453 g/mol. The van der Waals surface area contributed by atoms with Crippen LogP contribution in [0.15, 0.2) is 35.6 Å². The molecule has 32 heavy (non-hydrogen) atoms. The number of rotatable bonds is 6. The molecular formula is C24H31N5O2S. The van der Waals surface area contributed by atoms with Crippen LogP contribution in [0.25, 0.3) is 22.3 Å². The minimum atomic E-state index is -0.202. The minimum absolute atomic E-state index is 0.156. The van der Waals surface area contributed by atoms with Crippen molar-refractivity contribution < 1.29 is 9.53 Å². The van der Waals surface area contributed by atoms with Crippen LogP contribution in [-0.4, -0.2) is 61.6 Å². The number of aromatic nitrogens is 4. The fourth-order valence-electron chi connectivity index (χ4n) is 4.68. The molecule has 1 N–H and O–H groups in total. The Balaban J connectivity index is 1.42. The lowest BCUT2D eigenvalue weighted by atomic mass is 9.99. The van der Waals surface area contributed by atoms with Crippen LogP contribution in [0.4, 0.5) is 0 Å². The number of para-hydroxylation sites is 1. The summed E-state index contributed by atoms with van der Waals surface area (Å²) >= 11 is 1.51. The largest absolute Gasteiger partial charge is 0.376 e. The van der Waals surface area contributed by atoms with Crippen molar-refractivity contribution >= 4 is 28.6 Å². The van der Waals surface area contributed by atoms with Gasteiger partial charge in [0.05, 0.1) is 17.9 Å². The SMILES string of the molecule is CC1CCN(C(=O)[C@@H](C)Sc2nnc(-c3c[nH]c4ccccc34)n2C[C@H]2CCCO2)CC1. The molecule has 2 fully saturated rings. The molecule has 2 aromatic heterocycles. The van der Waals surface area contributed by atoms with Gasteiger partial charge in [0.1, 0.15) is 0 Å². The van der Waals surface area contributed by atoms with Crippen molar-refractivity contribution in [1.82, 2.24) is 24.6 Å². The van der Waals surface area contributed by atoms with E-state index in [4.69, 9.17) is 4.74 Å². The number of hydrogen-bond acceptors (Lipinski definition) is 5. The molecule has 170 valence electrons. The van der Waals surface area contributed by atoms with E-state index in [-0.39, 0.29) is 17.3 Å². The first-order chi connectivity index (χ1) is 15.6. The van der Waals surface area contributed by atoms with Gasteiger partial charge in [-0.3, -0.25) is 9.36 Å². The molecule has 3 aromatic rings. The van der Waals surface area contributed by atoms with E-state index in [1.165, 1.54) is 11.8 Å². The molecule has 5 rings (SSSR count). The maximum atomic E-state index is 13.1. The number of carbonyl (C=O) groups excluding carboxylic acids is 1. The van der Waals surface area contributed by atoms with Gasteiger partial charge in [-0.25, -0.2) is 0 Å². The number of likely N-dealkylation sites (tertiary alicyclic amines) is 1. The highest BCUT2D eigenvalue weighted by Crippen LogP contribution is 2.33. The molecular weight excluding hydrogens is 422 g/mol. The predicted molar refractivity (Wildman–Crippen MR) is 127 cm³/mol. The Morgan fingerprint density at radius 1 is 1.25 bits per heavy atom. The van der Waals surface area contributed by atoms with Gasteiger partial charge < -0.3 is 14.6 Å². The molecule has 7 nitrogen and oxygen atoms in total. The van der Waals surface area contributed by atoms with Gasteiger partial charge in [0, 0.05) is 42.4 Å². The van der Waals surface area contributed by atoms with Gasteiger partial charge in [-0.15, -0.1) is 10.2 Å². The van der Waals surface area contributed by atoms with Crippen molar-refractivity contribution in [3.05, 3.63) is 30.5 Å². The molecule has 2 atom stereocenters. The summed E-state index contributed by atoms with van der Waals surface area (Å²) in [5.74, 6) is 1.73. The summed E-state index contributed by atoms with van der Waals surface area (Å²) in [5.41, 5.74) is 2.10. The second-order valence-corrected chi connectivity index (χ2v) is 10.4. The molecule has 1 aromatic carbocycles. The number of carbonyl (C=O) groups is 1. The van der Waals surface area contributed by atoms with E-state index in [9.17, 15) is 4.79 Å². The van der Waals surface area contributed by atoms with E-state index >= 15 is 0 Å². The smallest absolute Gasteiger partial charge is 0.235 e. The van der Waals surface area contributed by atoms with Crippen molar-refractivity contribution in [2.75, 3.05) is 19.7 Å². The number of thioether (sulfide) groups is 1. The number of aromatic amines is 1. The molecule has 8 heteroatoms. The summed E-state index contributed by atoms with van der Waals surface area (Å²) in [6.07, 6.45) is 6.45.